The molecule has 0 aromatic heterocycles. The van der Waals surface area contributed by atoms with Gasteiger partial charge >= 0.3 is 0 Å². The molecule has 0 saturated carbocycles. The Morgan fingerprint density at radius 1 is 0.654 bits per heavy atom. The molecule has 0 aliphatic rings. The molecular weight excluding hydrogens is 695 g/mol. The molecule has 12 nitrogen and oxygen atoms in total. The van der Waals surface area contributed by atoms with E-state index >= 15 is 0 Å². The first-order valence-electron chi connectivity index (χ1n) is 17.1. The van der Waals surface area contributed by atoms with Crippen molar-refractivity contribution >= 4 is 58.4 Å². The van der Waals surface area contributed by atoms with Crippen molar-refractivity contribution in [2.45, 2.75) is 75.0 Å². The molecule has 0 aliphatic heterocycles. The SMILES string of the molecule is CC(C)(C)c1cc(N)c(SCCN=C(N)N)c(CC(=O)c2cc(OCCN)cc(C(=O)Cc3cc(C(C)(C)C)cc(N)c3SCCN=C(N)N)c2)c1. The predicted octanol–water partition coefficient (Wildman–Crippen LogP) is 4.37. The van der Waals surface area contributed by atoms with Gasteiger partial charge in [0.25, 0.3) is 0 Å². The smallest absolute Gasteiger partial charge is 0.185 e. The van der Waals surface area contributed by atoms with Crippen molar-refractivity contribution in [3.63, 3.8) is 0 Å². The summed E-state index contributed by atoms with van der Waals surface area (Å²) in [4.78, 5) is 38.0. The number of guanidine groups is 2. The second kappa shape index (κ2) is 18.4. The molecule has 282 valence electrons. The maximum atomic E-state index is 14.1. The van der Waals surface area contributed by atoms with Crippen LogP contribution in [0.15, 0.2) is 62.2 Å². The van der Waals surface area contributed by atoms with Gasteiger partial charge in [0.1, 0.15) is 12.4 Å². The first kappa shape index (κ1) is 42.0. The van der Waals surface area contributed by atoms with Gasteiger partial charge in [-0.3, -0.25) is 19.6 Å². The zero-order valence-corrected chi connectivity index (χ0v) is 32.8. The molecule has 0 atom stereocenters. The lowest BCUT2D eigenvalue weighted by Crippen LogP contribution is -2.23. The van der Waals surface area contributed by atoms with Crippen LogP contribution in [-0.2, 0) is 23.7 Å². The van der Waals surface area contributed by atoms with Crippen molar-refractivity contribution in [2.75, 3.05) is 49.2 Å². The number of nitrogens with zero attached hydrogens (tertiary/aromatic N) is 2. The molecule has 52 heavy (non-hydrogen) atoms. The molecular formula is C38H55N9O3S2. The summed E-state index contributed by atoms with van der Waals surface area (Å²) in [5, 5.41) is 0. The molecule has 3 rings (SSSR count). The van der Waals surface area contributed by atoms with Crippen LogP contribution >= 0.6 is 23.5 Å². The van der Waals surface area contributed by atoms with E-state index in [0.717, 1.165) is 32.0 Å². The third kappa shape index (κ3) is 12.4. The van der Waals surface area contributed by atoms with E-state index in [2.05, 4.69) is 51.5 Å². The highest BCUT2D eigenvalue weighted by Gasteiger charge is 2.23. The van der Waals surface area contributed by atoms with Gasteiger partial charge < -0.3 is 44.9 Å². The monoisotopic (exact) mass is 749 g/mol. The number of anilines is 2. The predicted molar refractivity (Wildman–Crippen MR) is 219 cm³/mol. The normalized spacial score (nSPS) is 11.6. The molecule has 0 unspecified atom stereocenters. The van der Waals surface area contributed by atoms with Crippen molar-refractivity contribution < 1.29 is 14.3 Å². The minimum absolute atomic E-state index is 0.0114. The van der Waals surface area contributed by atoms with Crippen LogP contribution in [0.4, 0.5) is 11.4 Å². The Hall–Kier alpha value is -4.40. The van der Waals surface area contributed by atoms with Gasteiger partial charge in [0.2, 0.25) is 0 Å². The topological polar surface area (TPSA) is 250 Å². The van der Waals surface area contributed by atoms with Crippen molar-refractivity contribution in [1.29, 1.82) is 0 Å². The molecule has 0 bridgehead atoms. The van der Waals surface area contributed by atoms with Gasteiger partial charge in [-0.05, 0) is 63.4 Å². The van der Waals surface area contributed by atoms with Gasteiger partial charge in [0, 0.05) is 63.2 Å². The maximum Gasteiger partial charge on any atom is 0.185 e. The average molecular weight is 750 g/mol. The summed E-state index contributed by atoms with van der Waals surface area (Å²) in [5.41, 5.74) is 45.9. The molecule has 3 aromatic rings. The Kier molecular flexibility index (Phi) is 14.9. The Morgan fingerprint density at radius 3 is 1.40 bits per heavy atom. The van der Waals surface area contributed by atoms with Crippen molar-refractivity contribution in [1.82, 2.24) is 0 Å². The number of carbonyl (C=O) groups excluding carboxylic acids is 2. The minimum Gasteiger partial charge on any atom is -0.492 e. The molecule has 14 N–H and O–H groups in total. The molecule has 0 radical (unpaired) electrons. The third-order valence-corrected chi connectivity index (χ3v) is 10.4. The van der Waals surface area contributed by atoms with Crippen LogP contribution in [0.2, 0.25) is 0 Å². The second-order valence-corrected chi connectivity index (χ2v) is 16.7. The van der Waals surface area contributed by atoms with Gasteiger partial charge in [-0.2, -0.15) is 0 Å². The molecule has 0 amide bonds. The Balaban J connectivity index is 2.04. The number of hydrogen-bond acceptors (Lipinski definition) is 10. The number of hydrogen-bond donors (Lipinski definition) is 7. The number of thioether (sulfide) groups is 2. The molecule has 0 fully saturated rings. The van der Waals surface area contributed by atoms with E-state index < -0.39 is 0 Å². The zero-order chi connectivity index (χ0) is 38.8. The summed E-state index contributed by atoms with van der Waals surface area (Å²) in [7, 11) is 0. The quantitative estimate of drug-likeness (QED) is 0.0254. The maximum absolute atomic E-state index is 14.1. The van der Waals surface area contributed by atoms with Gasteiger partial charge in [0.15, 0.2) is 23.5 Å². The summed E-state index contributed by atoms with van der Waals surface area (Å²) in [6.45, 7) is 13.8. The standard InChI is InChI=1S/C38H55N9O3S2/c1-37(2,3)26-14-24(33(29(40)20-26)51-11-8-46-35(42)43)18-31(48)22-13-23(17-28(16-22)50-10-7-39)32(49)19-25-15-27(38(4,5)6)21-30(41)34(25)52-12-9-47-36(44)45/h13-17,20-21H,7-12,18-19,39-41H2,1-6H3,(H4,42,43,46)(H4,44,45,47). The molecule has 14 heteroatoms. The largest absolute Gasteiger partial charge is 0.492 e. The number of nitrogen functional groups attached to an aromatic ring is 2. The number of ether oxygens (including phenoxy) is 1. The fraction of sp³-hybridized carbons (Fsp3) is 0.421. The zero-order valence-electron chi connectivity index (χ0n) is 31.2. The van der Waals surface area contributed by atoms with E-state index in [0.29, 0.717) is 52.8 Å². The molecule has 0 saturated heterocycles. The molecule has 0 aliphatic carbocycles. The third-order valence-electron chi connectivity index (χ3n) is 8.02. The lowest BCUT2D eigenvalue weighted by molar-refractivity contribution is 0.0991. The van der Waals surface area contributed by atoms with Crippen LogP contribution in [-0.4, -0.2) is 61.2 Å². The summed E-state index contributed by atoms with van der Waals surface area (Å²) in [5.74, 6) is 1.14. The van der Waals surface area contributed by atoms with Crippen LogP contribution in [0.5, 0.6) is 5.75 Å². The molecule has 3 aromatic carbocycles. The highest BCUT2D eigenvalue weighted by Crippen LogP contribution is 2.37. The van der Waals surface area contributed by atoms with Crippen LogP contribution in [0.25, 0.3) is 0 Å². The van der Waals surface area contributed by atoms with Gasteiger partial charge in [-0.25, -0.2) is 0 Å². The van der Waals surface area contributed by atoms with E-state index in [4.69, 9.17) is 44.9 Å². The van der Waals surface area contributed by atoms with E-state index in [1.165, 1.54) is 23.5 Å². The fourth-order valence-electron chi connectivity index (χ4n) is 5.28. The van der Waals surface area contributed by atoms with E-state index in [9.17, 15) is 9.59 Å². The van der Waals surface area contributed by atoms with Crippen LogP contribution in [0.1, 0.15) is 84.5 Å². The van der Waals surface area contributed by atoms with E-state index in [1.54, 1.807) is 18.2 Å². The van der Waals surface area contributed by atoms with Gasteiger partial charge in [-0.1, -0.05) is 53.7 Å². The highest BCUT2D eigenvalue weighted by atomic mass is 32.2. The number of benzene rings is 3. The van der Waals surface area contributed by atoms with E-state index in [1.807, 2.05) is 24.3 Å². The summed E-state index contributed by atoms with van der Waals surface area (Å²) in [6.07, 6.45) is 0.0981. The van der Waals surface area contributed by atoms with Gasteiger partial charge in [-0.15, -0.1) is 23.5 Å². The van der Waals surface area contributed by atoms with Crippen LogP contribution < -0.4 is 44.9 Å². The highest BCUT2D eigenvalue weighted by molar-refractivity contribution is 7.99. The number of aliphatic imine (C=N–C) groups is 2. The minimum atomic E-state index is -0.210. The van der Waals surface area contributed by atoms with Gasteiger partial charge in [0.05, 0.1) is 13.1 Å². The second-order valence-electron chi connectivity index (χ2n) is 14.5. The van der Waals surface area contributed by atoms with Crippen molar-refractivity contribution in [3.8, 4) is 5.75 Å². The first-order chi connectivity index (χ1) is 24.3. The number of ketones is 2. The Morgan fingerprint density at radius 2 is 1.06 bits per heavy atom. The lowest BCUT2D eigenvalue weighted by atomic mass is 9.84. The fourth-order valence-corrected chi connectivity index (χ4v) is 7.14. The lowest BCUT2D eigenvalue weighted by Gasteiger charge is -2.23. The van der Waals surface area contributed by atoms with Crippen LogP contribution in [0, 0.1) is 0 Å². The molecule has 0 spiro atoms. The van der Waals surface area contributed by atoms with Crippen LogP contribution in [0.3, 0.4) is 0 Å². The van der Waals surface area contributed by atoms with Crippen molar-refractivity contribution in [3.05, 3.63) is 75.8 Å². The average Bonchev–Trinajstić information content (AvgIpc) is 3.04. The summed E-state index contributed by atoms with van der Waals surface area (Å²) >= 11 is 2.98. The van der Waals surface area contributed by atoms with E-state index in [-0.39, 0.29) is 60.3 Å². The first-order valence-corrected chi connectivity index (χ1v) is 19.0. The number of rotatable bonds is 17. The Labute approximate surface area is 316 Å². The summed E-state index contributed by atoms with van der Waals surface area (Å²) in [6, 6.07) is 12.9. The molecule has 0 heterocycles. The van der Waals surface area contributed by atoms with Crippen molar-refractivity contribution in [2.24, 2.45) is 38.7 Å². The Bertz CT molecular complexity index is 1680. The number of Topliss-reactive ketones (excluding diaryl/α,β-unsaturated/α-hetero) is 2. The number of nitrogens with two attached hydrogens (primary N) is 7. The number of carbonyl (C=O) groups is 2. The summed E-state index contributed by atoms with van der Waals surface area (Å²) < 4.78 is 5.88.